The Labute approximate surface area is 191 Å². The normalized spacial score (nSPS) is 23.3. The molecule has 0 amide bonds. The summed E-state index contributed by atoms with van der Waals surface area (Å²) in [5, 5.41) is 0. The summed E-state index contributed by atoms with van der Waals surface area (Å²) < 4.78 is 2.31. The average Bonchev–Trinajstić information content (AvgIpc) is 3.24. The predicted octanol–water partition coefficient (Wildman–Crippen LogP) is 4.47. The maximum absolute atomic E-state index is 5.15. The highest BCUT2D eigenvalue weighted by Crippen LogP contribution is 2.43. The lowest BCUT2D eigenvalue weighted by molar-refractivity contribution is 0.0453. The van der Waals surface area contributed by atoms with Crippen LogP contribution >= 0.6 is 0 Å². The fourth-order valence-electron chi connectivity index (χ4n) is 5.63. The quantitative estimate of drug-likeness (QED) is 0.608. The van der Waals surface area contributed by atoms with Crippen molar-refractivity contribution < 1.29 is 0 Å². The molecule has 6 nitrogen and oxygen atoms in total. The standard InChI is InChI=1S/C26H36N6/c1-19(2)32-22(9-5-10-23(32)26-20(3)8-7-13-27-26)21-18-31-24(28-21)11-6-12-25(31)30-16-14-29(4)15-17-30/h6-8,11-13,18-19,22-23H,5,9-10,14-17H2,1-4H3. The number of hydrogen-bond donors (Lipinski definition) is 0. The summed E-state index contributed by atoms with van der Waals surface area (Å²) >= 11 is 0. The highest BCUT2D eigenvalue weighted by atomic mass is 15.3. The number of likely N-dealkylation sites (tertiary alicyclic amines) is 1. The summed E-state index contributed by atoms with van der Waals surface area (Å²) in [6.45, 7) is 11.2. The smallest absolute Gasteiger partial charge is 0.138 e. The zero-order chi connectivity index (χ0) is 22.2. The van der Waals surface area contributed by atoms with Crippen LogP contribution < -0.4 is 4.90 Å². The van der Waals surface area contributed by atoms with Gasteiger partial charge in [-0.3, -0.25) is 14.3 Å². The molecule has 0 bridgehead atoms. The van der Waals surface area contributed by atoms with Gasteiger partial charge in [-0.25, -0.2) is 4.98 Å². The van der Waals surface area contributed by atoms with Crippen molar-refractivity contribution in [2.24, 2.45) is 0 Å². The molecule has 0 aliphatic carbocycles. The van der Waals surface area contributed by atoms with Gasteiger partial charge in [-0.15, -0.1) is 0 Å². The molecule has 2 fully saturated rings. The summed E-state index contributed by atoms with van der Waals surface area (Å²) in [6, 6.07) is 11.9. The number of fused-ring (bicyclic) bond motifs is 1. The SMILES string of the molecule is Cc1cccnc1C1CCCC(c2cn3c(N4CCN(C)CC4)cccc3n2)N1C(C)C. The van der Waals surface area contributed by atoms with Crippen molar-refractivity contribution in [2.75, 3.05) is 38.1 Å². The van der Waals surface area contributed by atoms with Gasteiger partial charge in [-0.2, -0.15) is 0 Å². The van der Waals surface area contributed by atoms with Gasteiger partial charge in [-0.05, 0) is 70.8 Å². The summed E-state index contributed by atoms with van der Waals surface area (Å²) in [5.74, 6) is 1.26. The second kappa shape index (κ2) is 8.83. The van der Waals surface area contributed by atoms with Crippen LogP contribution in [0.2, 0.25) is 0 Å². The molecular formula is C26H36N6. The minimum Gasteiger partial charge on any atom is -0.355 e. The van der Waals surface area contributed by atoms with Crippen LogP contribution in [-0.2, 0) is 0 Å². The van der Waals surface area contributed by atoms with Crippen molar-refractivity contribution in [3.05, 3.63) is 59.7 Å². The molecule has 0 saturated carbocycles. The van der Waals surface area contributed by atoms with E-state index in [9.17, 15) is 0 Å². The largest absolute Gasteiger partial charge is 0.355 e. The number of pyridine rings is 2. The highest BCUT2D eigenvalue weighted by molar-refractivity contribution is 5.53. The fraction of sp³-hybridized carbons (Fsp3) is 0.538. The van der Waals surface area contributed by atoms with E-state index in [-0.39, 0.29) is 0 Å². The van der Waals surface area contributed by atoms with Crippen molar-refractivity contribution in [1.82, 2.24) is 24.2 Å². The molecule has 3 aromatic heterocycles. The number of anilines is 1. The minimum absolute atomic E-state index is 0.315. The van der Waals surface area contributed by atoms with Gasteiger partial charge < -0.3 is 9.80 Å². The van der Waals surface area contributed by atoms with E-state index < -0.39 is 0 Å². The third-order valence-corrected chi connectivity index (χ3v) is 7.29. The first-order valence-corrected chi connectivity index (χ1v) is 12.1. The van der Waals surface area contributed by atoms with E-state index in [4.69, 9.17) is 9.97 Å². The van der Waals surface area contributed by atoms with Gasteiger partial charge in [0, 0.05) is 44.6 Å². The van der Waals surface area contributed by atoms with E-state index >= 15 is 0 Å². The van der Waals surface area contributed by atoms with Crippen LogP contribution in [0.1, 0.15) is 62.1 Å². The Morgan fingerprint density at radius 3 is 2.50 bits per heavy atom. The van der Waals surface area contributed by atoms with Crippen LogP contribution in [0.3, 0.4) is 0 Å². The van der Waals surface area contributed by atoms with E-state index in [2.05, 4.69) is 77.4 Å². The number of likely N-dealkylation sites (N-methyl/N-ethyl adjacent to an activating group) is 1. The molecule has 2 atom stereocenters. The fourth-order valence-corrected chi connectivity index (χ4v) is 5.63. The van der Waals surface area contributed by atoms with Gasteiger partial charge in [0.05, 0.1) is 23.5 Å². The maximum atomic E-state index is 5.15. The van der Waals surface area contributed by atoms with Crippen LogP contribution in [0, 0.1) is 6.92 Å². The van der Waals surface area contributed by atoms with Crippen molar-refractivity contribution in [3.63, 3.8) is 0 Å². The Bertz CT molecular complexity index is 1070. The van der Waals surface area contributed by atoms with Crippen molar-refractivity contribution in [3.8, 4) is 0 Å². The number of rotatable bonds is 4. The molecule has 3 aromatic rings. The van der Waals surface area contributed by atoms with E-state index in [1.807, 2.05) is 12.3 Å². The summed E-state index contributed by atoms with van der Waals surface area (Å²) in [5.41, 5.74) is 4.76. The minimum atomic E-state index is 0.315. The highest BCUT2D eigenvalue weighted by Gasteiger charge is 2.36. The average molecular weight is 433 g/mol. The molecule has 5 heterocycles. The summed E-state index contributed by atoms with van der Waals surface area (Å²) in [6.07, 6.45) is 7.75. The van der Waals surface area contributed by atoms with E-state index in [0.717, 1.165) is 44.7 Å². The summed E-state index contributed by atoms with van der Waals surface area (Å²) in [7, 11) is 2.20. The molecule has 5 rings (SSSR count). The topological polar surface area (TPSA) is 39.9 Å². The molecular weight excluding hydrogens is 396 g/mol. The van der Waals surface area contributed by atoms with Crippen molar-refractivity contribution >= 4 is 11.5 Å². The first-order valence-electron chi connectivity index (χ1n) is 12.1. The number of piperidine rings is 1. The van der Waals surface area contributed by atoms with Gasteiger partial charge in [0.2, 0.25) is 0 Å². The number of piperazine rings is 1. The lowest BCUT2D eigenvalue weighted by atomic mass is 9.89. The second-order valence-corrected chi connectivity index (χ2v) is 9.78. The lowest BCUT2D eigenvalue weighted by Crippen LogP contribution is -2.45. The first-order chi connectivity index (χ1) is 15.5. The van der Waals surface area contributed by atoms with Crippen molar-refractivity contribution in [2.45, 2.75) is 58.2 Å². The van der Waals surface area contributed by atoms with Gasteiger partial charge in [-0.1, -0.05) is 12.1 Å². The van der Waals surface area contributed by atoms with Gasteiger partial charge >= 0.3 is 0 Å². The Morgan fingerprint density at radius 1 is 0.969 bits per heavy atom. The number of hydrogen-bond acceptors (Lipinski definition) is 5. The molecule has 0 spiro atoms. The van der Waals surface area contributed by atoms with Crippen LogP contribution in [-0.4, -0.2) is 63.4 Å². The van der Waals surface area contributed by atoms with Crippen LogP contribution in [0.15, 0.2) is 42.7 Å². The number of imidazole rings is 1. The van der Waals surface area contributed by atoms with Crippen LogP contribution in [0.4, 0.5) is 5.82 Å². The predicted molar refractivity (Wildman–Crippen MR) is 130 cm³/mol. The monoisotopic (exact) mass is 432 g/mol. The third kappa shape index (κ3) is 3.90. The Balaban J connectivity index is 1.51. The molecule has 0 aromatic carbocycles. The Morgan fingerprint density at radius 2 is 1.75 bits per heavy atom. The second-order valence-electron chi connectivity index (χ2n) is 9.78. The zero-order valence-corrected chi connectivity index (χ0v) is 19.9. The molecule has 2 aliphatic heterocycles. The van der Waals surface area contributed by atoms with Gasteiger partial charge in [0.1, 0.15) is 11.5 Å². The zero-order valence-electron chi connectivity index (χ0n) is 19.9. The summed E-state index contributed by atoms with van der Waals surface area (Å²) in [4.78, 5) is 17.5. The molecule has 32 heavy (non-hydrogen) atoms. The number of aromatic nitrogens is 3. The molecule has 170 valence electrons. The van der Waals surface area contributed by atoms with E-state index in [0.29, 0.717) is 18.1 Å². The maximum Gasteiger partial charge on any atom is 0.138 e. The Kier molecular flexibility index (Phi) is 5.91. The third-order valence-electron chi connectivity index (χ3n) is 7.29. The van der Waals surface area contributed by atoms with E-state index in [1.165, 1.54) is 29.2 Å². The lowest BCUT2D eigenvalue weighted by Gasteiger charge is -2.44. The van der Waals surface area contributed by atoms with Gasteiger partial charge in [0.25, 0.3) is 0 Å². The molecule has 2 saturated heterocycles. The van der Waals surface area contributed by atoms with Crippen LogP contribution in [0.25, 0.3) is 5.65 Å². The van der Waals surface area contributed by atoms with Crippen LogP contribution in [0.5, 0.6) is 0 Å². The first kappa shape index (κ1) is 21.4. The van der Waals surface area contributed by atoms with Crippen molar-refractivity contribution in [1.29, 1.82) is 0 Å². The van der Waals surface area contributed by atoms with Gasteiger partial charge in [0.15, 0.2) is 0 Å². The number of nitrogens with zero attached hydrogens (tertiary/aromatic N) is 6. The Hall–Kier alpha value is -2.44. The molecule has 2 aliphatic rings. The number of aryl methyl sites for hydroxylation is 1. The van der Waals surface area contributed by atoms with E-state index in [1.54, 1.807) is 0 Å². The molecule has 0 N–H and O–H groups in total. The molecule has 6 heteroatoms. The molecule has 2 unspecified atom stereocenters. The molecule has 0 radical (unpaired) electrons.